The zero-order chi connectivity index (χ0) is 13.3. The highest BCUT2D eigenvalue weighted by Gasteiger charge is 2.35. The number of nitrogens with two attached hydrogens (primary N) is 1. The summed E-state index contributed by atoms with van der Waals surface area (Å²) < 4.78 is 0. The average molecular weight is 248 g/mol. The zero-order valence-electron chi connectivity index (χ0n) is 10.2. The summed E-state index contributed by atoms with van der Waals surface area (Å²) >= 11 is 0. The third-order valence-corrected chi connectivity index (χ3v) is 3.21. The largest absolute Gasteiger partial charge is 0.480 e. The van der Waals surface area contributed by atoms with Gasteiger partial charge in [-0.1, -0.05) is 24.3 Å². The maximum Gasteiger partial charge on any atom is 0.326 e. The summed E-state index contributed by atoms with van der Waals surface area (Å²) in [5.41, 5.74) is 7.54. The van der Waals surface area contributed by atoms with Gasteiger partial charge in [0.05, 0.1) is 6.04 Å². The molecule has 0 aromatic heterocycles. The van der Waals surface area contributed by atoms with E-state index in [0.717, 1.165) is 11.1 Å². The average Bonchev–Trinajstić information content (AvgIpc) is 2.36. The van der Waals surface area contributed by atoms with Gasteiger partial charge in [0, 0.05) is 13.0 Å². The number of rotatable bonds is 2. The normalized spacial score (nSPS) is 20.1. The molecule has 0 spiro atoms. The lowest BCUT2D eigenvalue weighted by molar-refractivity contribution is -0.151. The van der Waals surface area contributed by atoms with E-state index in [0.29, 0.717) is 13.0 Å². The fraction of sp³-hybridized carbons (Fsp3) is 0.385. The number of fused-ring (bicyclic) bond motifs is 1. The van der Waals surface area contributed by atoms with Crippen LogP contribution in [0.3, 0.4) is 0 Å². The molecule has 2 atom stereocenters. The van der Waals surface area contributed by atoms with Crippen LogP contribution in [0, 0.1) is 0 Å². The van der Waals surface area contributed by atoms with Gasteiger partial charge in [-0.25, -0.2) is 4.79 Å². The fourth-order valence-corrected chi connectivity index (χ4v) is 2.24. The molecule has 1 aliphatic heterocycles. The molecule has 0 saturated heterocycles. The van der Waals surface area contributed by atoms with Gasteiger partial charge in [0.25, 0.3) is 0 Å². The van der Waals surface area contributed by atoms with E-state index in [1.807, 2.05) is 24.3 Å². The maximum atomic E-state index is 12.0. The Morgan fingerprint density at radius 2 is 2.00 bits per heavy atom. The molecule has 2 rings (SSSR count). The molecule has 18 heavy (non-hydrogen) atoms. The number of hydrogen-bond donors (Lipinski definition) is 2. The Balaban J connectivity index is 2.34. The van der Waals surface area contributed by atoms with Crippen molar-refractivity contribution in [2.45, 2.75) is 32.0 Å². The van der Waals surface area contributed by atoms with Crippen molar-refractivity contribution in [3.63, 3.8) is 0 Å². The molecule has 0 unspecified atom stereocenters. The number of nitrogens with zero attached hydrogens (tertiary/aromatic N) is 1. The van der Waals surface area contributed by atoms with Gasteiger partial charge < -0.3 is 15.7 Å². The molecular formula is C13H16N2O3. The second-order valence-corrected chi connectivity index (χ2v) is 4.58. The lowest BCUT2D eigenvalue weighted by atomic mass is 9.93. The number of carboxylic acids is 1. The van der Waals surface area contributed by atoms with Crippen LogP contribution in [-0.4, -0.2) is 34.0 Å². The highest BCUT2D eigenvalue weighted by atomic mass is 16.4. The second kappa shape index (κ2) is 4.78. The molecule has 1 aromatic rings. The summed E-state index contributed by atoms with van der Waals surface area (Å²) in [5, 5.41) is 9.23. The first-order valence-corrected chi connectivity index (χ1v) is 5.86. The predicted octanol–water partition coefficient (Wildman–Crippen LogP) is 0.372. The molecule has 0 fully saturated rings. The summed E-state index contributed by atoms with van der Waals surface area (Å²) in [4.78, 5) is 24.6. The van der Waals surface area contributed by atoms with Crippen molar-refractivity contribution in [3.05, 3.63) is 35.4 Å². The van der Waals surface area contributed by atoms with Crippen molar-refractivity contribution in [2.24, 2.45) is 5.73 Å². The van der Waals surface area contributed by atoms with Crippen molar-refractivity contribution in [1.82, 2.24) is 4.90 Å². The first-order valence-electron chi connectivity index (χ1n) is 5.86. The number of carbonyl (C=O) groups is 2. The number of carboxylic acid groups (broad SMARTS) is 1. The molecule has 1 amide bonds. The first-order chi connectivity index (χ1) is 8.50. The maximum absolute atomic E-state index is 12.0. The quantitative estimate of drug-likeness (QED) is 0.792. The van der Waals surface area contributed by atoms with E-state index >= 15 is 0 Å². The molecule has 3 N–H and O–H groups in total. The van der Waals surface area contributed by atoms with Gasteiger partial charge in [-0.2, -0.15) is 0 Å². The first kappa shape index (κ1) is 12.6. The van der Waals surface area contributed by atoms with Crippen LogP contribution in [0.1, 0.15) is 18.1 Å². The zero-order valence-corrected chi connectivity index (χ0v) is 10.2. The highest BCUT2D eigenvalue weighted by molar-refractivity contribution is 5.87. The molecule has 0 bridgehead atoms. The van der Waals surface area contributed by atoms with Gasteiger partial charge in [0.15, 0.2) is 0 Å². The van der Waals surface area contributed by atoms with E-state index in [4.69, 9.17) is 5.73 Å². The Kier molecular flexibility index (Phi) is 3.34. The number of benzene rings is 1. The smallest absolute Gasteiger partial charge is 0.326 e. The molecule has 0 aliphatic carbocycles. The number of carbonyl (C=O) groups excluding carboxylic acids is 1. The van der Waals surface area contributed by atoms with Gasteiger partial charge in [0.1, 0.15) is 6.04 Å². The van der Waals surface area contributed by atoms with Crippen LogP contribution in [0.15, 0.2) is 24.3 Å². The molecule has 0 radical (unpaired) electrons. The van der Waals surface area contributed by atoms with Gasteiger partial charge in [-0.3, -0.25) is 4.79 Å². The summed E-state index contributed by atoms with van der Waals surface area (Å²) in [6, 6.07) is 6.07. The van der Waals surface area contributed by atoms with E-state index in [2.05, 4.69) is 0 Å². The molecule has 1 aliphatic rings. The summed E-state index contributed by atoms with van der Waals surface area (Å²) in [6.45, 7) is 1.88. The molecule has 0 saturated carbocycles. The lowest BCUT2D eigenvalue weighted by Crippen LogP contribution is -2.53. The minimum atomic E-state index is -0.987. The molecule has 1 aromatic carbocycles. The Morgan fingerprint density at radius 3 is 2.56 bits per heavy atom. The van der Waals surface area contributed by atoms with Crippen LogP contribution < -0.4 is 5.73 Å². The van der Waals surface area contributed by atoms with Gasteiger partial charge in [-0.05, 0) is 18.1 Å². The van der Waals surface area contributed by atoms with Crippen molar-refractivity contribution < 1.29 is 14.7 Å². The predicted molar refractivity (Wildman–Crippen MR) is 65.8 cm³/mol. The summed E-state index contributed by atoms with van der Waals surface area (Å²) in [6.07, 6.45) is 0.337. The van der Waals surface area contributed by atoms with Crippen molar-refractivity contribution in [3.8, 4) is 0 Å². The lowest BCUT2D eigenvalue weighted by Gasteiger charge is -2.35. The topological polar surface area (TPSA) is 83.6 Å². The van der Waals surface area contributed by atoms with E-state index in [-0.39, 0.29) is 5.91 Å². The van der Waals surface area contributed by atoms with Crippen molar-refractivity contribution in [2.75, 3.05) is 0 Å². The van der Waals surface area contributed by atoms with Crippen LogP contribution in [0.2, 0.25) is 0 Å². The van der Waals surface area contributed by atoms with E-state index in [1.54, 1.807) is 6.92 Å². The molecule has 5 heteroatoms. The molecule has 96 valence electrons. The molecule has 5 nitrogen and oxygen atoms in total. The minimum absolute atomic E-state index is 0.313. The third-order valence-electron chi connectivity index (χ3n) is 3.21. The second-order valence-electron chi connectivity index (χ2n) is 4.58. The SMILES string of the molecule is C[C@@H](N)C(=O)N1Cc2ccccc2C[C@H]1C(=O)O. The Hall–Kier alpha value is -1.88. The molecular weight excluding hydrogens is 232 g/mol. The standard InChI is InChI=1S/C13H16N2O3/c1-8(14)12(16)15-7-10-5-3-2-4-9(10)6-11(15)13(17)18/h2-5,8,11H,6-7,14H2,1H3,(H,17,18)/t8-,11+/m1/s1. The summed E-state index contributed by atoms with van der Waals surface area (Å²) in [5.74, 6) is -1.31. The van der Waals surface area contributed by atoms with Crippen LogP contribution in [0.5, 0.6) is 0 Å². The van der Waals surface area contributed by atoms with Crippen LogP contribution in [-0.2, 0) is 22.6 Å². The molecule has 1 heterocycles. The van der Waals surface area contributed by atoms with E-state index in [9.17, 15) is 14.7 Å². The number of hydrogen-bond acceptors (Lipinski definition) is 3. The van der Waals surface area contributed by atoms with Crippen molar-refractivity contribution in [1.29, 1.82) is 0 Å². The van der Waals surface area contributed by atoms with E-state index < -0.39 is 18.1 Å². The Morgan fingerprint density at radius 1 is 1.39 bits per heavy atom. The number of amides is 1. The fourth-order valence-electron chi connectivity index (χ4n) is 2.24. The minimum Gasteiger partial charge on any atom is -0.480 e. The van der Waals surface area contributed by atoms with Crippen molar-refractivity contribution >= 4 is 11.9 Å². The van der Waals surface area contributed by atoms with Gasteiger partial charge >= 0.3 is 5.97 Å². The highest BCUT2D eigenvalue weighted by Crippen LogP contribution is 2.23. The third kappa shape index (κ3) is 2.22. The van der Waals surface area contributed by atoms with Crippen LogP contribution in [0.25, 0.3) is 0 Å². The monoisotopic (exact) mass is 248 g/mol. The Labute approximate surface area is 105 Å². The summed E-state index contributed by atoms with van der Waals surface area (Å²) in [7, 11) is 0. The number of aliphatic carboxylic acids is 1. The van der Waals surface area contributed by atoms with Crippen LogP contribution >= 0.6 is 0 Å². The van der Waals surface area contributed by atoms with Crippen LogP contribution in [0.4, 0.5) is 0 Å². The Bertz CT molecular complexity index is 485. The van der Waals surface area contributed by atoms with Gasteiger partial charge in [0.2, 0.25) is 5.91 Å². The van der Waals surface area contributed by atoms with E-state index in [1.165, 1.54) is 4.90 Å². The van der Waals surface area contributed by atoms with Gasteiger partial charge in [-0.15, -0.1) is 0 Å².